The molecule has 0 bridgehead atoms. The molecule has 0 spiro atoms. The van der Waals surface area contributed by atoms with Crippen molar-refractivity contribution >= 4 is 44.4 Å². The first-order chi connectivity index (χ1) is 15.1. The van der Waals surface area contributed by atoms with Crippen molar-refractivity contribution in [1.82, 2.24) is 9.88 Å². The van der Waals surface area contributed by atoms with Gasteiger partial charge in [-0.15, -0.1) is 0 Å². The van der Waals surface area contributed by atoms with E-state index in [1.807, 2.05) is 54.6 Å². The predicted octanol–water partition coefficient (Wildman–Crippen LogP) is 4.14. The molecule has 0 aliphatic carbocycles. The van der Waals surface area contributed by atoms with Crippen molar-refractivity contribution < 1.29 is 14.4 Å². The Bertz CT molecular complexity index is 1250. The van der Waals surface area contributed by atoms with Gasteiger partial charge >= 0.3 is 0 Å². The number of para-hydroxylation sites is 1. The summed E-state index contributed by atoms with van der Waals surface area (Å²) >= 11 is 1.35. The number of thiazole rings is 1. The highest BCUT2D eigenvalue weighted by Crippen LogP contribution is 2.29. The number of carbonyl (C=O) groups excluding carboxylic acids is 3. The molecule has 1 aliphatic heterocycles. The Morgan fingerprint density at radius 1 is 0.871 bits per heavy atom. The maximum absolute atomic E-state index is 13.3. The number of imide groups is 1. The lowest BCUT2D eigenvalue weighted by Gasteiger charge is -2.25. The molecular formula is C24H17N3O3S. The Morgan fingerprint density at radius 3 is 2.16 bits per heavy atom. The number of anilines is 1. The van der Waals surface area contributed by atoms with Crippen molar-refractivity contribution in [1.29, 1.82) is 0 Å². The SMILES string of the molecule is O=C(Nc1nc2ccccc2s1)C(Cc1ccccc1)N1C(=O)c2ccccc2C1=O. The van der Waals surface area contributed by atoms with E-state index in [0.29, 0.717) is 16.3 Å². The van der Waals surface area contributed by atoms with E-state index in [9.17, 15) is 14.4 Å². The molecule has 0 saturated carbocycles. The third-order valence-corrected chi connectivity index (χ3v) is 6.19. The van der Waals surface area contributed by atoms with E-state index in [-0.39, 0.29) is 6.42 Å². The second-order valence-electron chi connectivity index (χ2n) is 7.21. The van der Waals surface area contributed by atoms with Crippen molar-refractivity contribution in [2.75, 3.05) is 5.32 Å². The molecule has 0 fully saturated rings. The van der Waals surface area contributed by atoms with Gasteiger partial charge in [0.25, 0.3) is 11.8 Å². The van der Waals surface area contributed by atoms with Gasteiger partial charge in [0.15, 0.2) is 5.13 Å². The molecule has 1 N–H and O–H groups in total. The van der Waals surface area contributed by atoms with E-state index in [4.69, 9.17) is 0 Å². The zero-order chi connectivity index (χ0) is 21.4. The van der Waals surface area contributed by atoms with Gasteiger partial charge in [-0.25, -0.2) is 4.98 Å². The average Bonchev–Trinajstić information content (AvgIpc) is 3.31. The fraction of sp³-hybridized carbons (Fsp3) is 0.0833. The van der Waals surface area contributed by atoms with E-state index in [1.165, 1.54) is 11.3 Å². The van der Waals surface area contributed by atoms with E-state index in [2.05, 4.69) is 10.3 Å². The molecular weight excluding hydrogens is 410 g/mol. The molecule has 1 atom stereocenters. The summed E-state index contributed by atoms with van der Waals surface area (Å²) in [6, 6.07) is 22.6. The molecule has 3 amide bonds. The third-order valence-electron chi connectivity index (χ3n) is 5.24. The molecule has 3 aromatic carbocycles. The lowest BCUT2D eigenvalue weighted by molar-refractivity contribution is -0.119. The van der Waals surface area contributed by atoms with Crippen LogP contribution >= 0.6 is 11.3 Å². The molecule has 0 radical (unpaired) electrons. The summed E-state index contributed by atoms with van der Waals surface area (Å²) in [5, 5.41) is 3.25. The second-order valence-corrected chi connectivity index (χ2v) is 8.24. The standard InChI is InChI=1S/C24H17N3O3S/c28-21(26-24-25-18-12-6-7-13-20(18)31-24)19(14-15-8-2-1-3-9-15)27-22(29)16-10-4-5-11-17(16)23(27)30/h1-13,19H,14H2,(H,25,26,28). The third kappa shape index (κ3) is 3.49. The van der Waals surface area contributed by atoms with Crippen LogP contribution in [0.3, 0.4) is 0 Å². The molecule has 1 unspecified atom stereocenters. The maximum atomic E-state index is 13.3. The summed E-state index contributed by atoms with van der Waals surface area (Å²) in [4.78, 5) is 44.9. The van der Waals surface area contributed by atoms with Gasteiger partial charge in [0, 0.05) is 6.42 Å². The van der Waals surface area contributed by atoms with E-state index < -0.39 is 23.8 Å². The molecule has 4 aromatic rings. The fourth-order valence-corrected chi connectivity index (χ4v) is 4.61. The summed E-state index contributed by atoms with van der Waals surface area (Å²) in [5.74, 6) is -1.36. The normalized spacial score (nSPS) is 14.0. The summed E-state index contributed by atoms with van der Waals surface area (Å²) in [6.45, 7) is 0. The van der Waals surface area contributed by atoms with Gasteiger partial charge in [-0.1, -0.05) is 65.9 Å². The Morgan fingerprint density at radius 2 is 1.48 bits per heavy atom. The van der Waals surface area contributed by atoms with Gasteiger partial charge in [-0.3, -0.25) is 19.3 Å². The molecule has 1 aliphatic rings. The number of nitrogens with zero attached hydrogens (tertiary/aromatic N) is 2. The predicted molar refractivity (Wildman–Crippen MR) is 119 cm³/mol. The number of amides is 3. The number of benzene rings is 3. The highest BCUT2D eigenvalue weighted by atomic mass is 32.1. The van der Waals surface area contributed by atoms with E-state index in [0.717, 1.165) is 20.7 Å². The molecule has 6 nitrogen and oxygen atoms in total. The average molecular weight is 427 g/mol. The highest BCUT2D eigenvalue weighted by Gasteiger charge is 2.42. The van der Waals surface area contributed by atoms with Crippen LogP contribution < -0.4 is 5.32 Å². The first kappa shape index (κ1) is 19.1. The Labute approximate surface area is 182 Å². The number of nitrogens with one attached hydrogen (secondary N) is 1. The number of fused-ring (bicyclic) bond motifs is 2. The summed E-state index contributed by atoms with van der Waals surface area (Å²) < 4.78 is 0.943. The van der Waals surface area contributed by atoms with Crippen molar-refractivity contribution in [3.05, 3.63) is 95.6 Å². The largest absolute Gasteiger partial charge is 0.300 e. The van der Waals surface area contributed by atoms with Crippen LogP contribution in [-0.2, 0) is 11.2 Å². The van der Waals surface area contributed by atoms with Gasteiger partial charge in [0.05, 0.1) is 21.3 Å². The van der Waals surface area contributed by atoms with Crippen molar-refractivity contribution in [2.24, 2.45) is 0 Å². The van der Waals surface area contributed by atoms with Gasteiger partial charge < -0.3 is 5.32 Å². The zero-order valence-electron chi connectivity index (χ0n) is 16.3. The summed E-state index contributed by atoms with van der Waals surface area (Å²) in [6.07, 6.45) is 0.211. The topological polar surface area (TPSA) is 79.4 Å². The van der Waals surface area contributed by atoms with Gasteiger partial charge in [-0.05, 0) is 29.8 Å². The van der Waals surface area contributed by atoms with Crippen LogP contribution in [0.5, 0.6) is 0 Å². The molecule has 1 aromatic heterocycles. The van der Waals surface area contributed by atoms with Crippen LogP contribution in [0, 0.1) is 0 Å². The zero-order valence-corrected chi connectivity index (χ0v) is 17.1. The number of hydrogen-bond acceptors (Lipinski definition) is 5. The van der Waals surface area contributed by atoms with E-state index >= 15 is 0 Å². The molecule has 0 saturated heterocycles. The number of carbonyl (C=O) groups is 3. The molecule has 152 valence electrons. The second kappa shape index (κ2) is 7.77. The molecule has 2 heterocycles. The highest BCUT2D eigenvalue weighted by molar-refractivity contribution is 7.22. The quantitative estimate of drug-likeness (QED) is 0.486. The van der Waals surface area contributed by atoms with Crippen LogP contribution in [0.2, 0.25) is 0 Å². The Kier molecular flexibility index (Phi) is 4.80. The molecule has 31 heavy (non-hydrogen) atoms. The minimum Gasteiger partial charge on any atom is -0.300 e. The van der Waals surface area contributed by atoms with E-state index in [1.54, 1.807) is 24.3 Å². The first-order valence-electron chi connectivity index (χ1n) is 9.79. The monoisotopic (exact) mass is 427 g/mol. The molecule has 5 rings (SSSR count). The van der Waals surface area contributed by atoms with Gasteiger partial charge in [0.1, 0.15) is 6.04 Å². The van der Waals surface area contributed by atoms with Crippen molar-refractivity contribution in [3.8, 4) is 0 Å². The van der Waals surface area contributed by atoms with Gasteiger partial charge in [-0.2, -0.15) is 0 Å². The lowest BCUT2D eigenvalue weighted by atomic mass is 10.0. The fourth-order valence-electron chi connectivity index (χ4n) is 3.74. The van der Waals surface area contributed by atoms with Crippen LogP contribution in [0.1, 0.15) is 26.3 Å². The van der Waals surface area contributed by atoms with Crippen molar-refractivity contribution in [2.45, 2.75) is 12.5 Å². The minimum atomic E-state index is -0.998. The summed E-state index contributed by atoms with van der Waals surface area (Å²) in [7, 11) is 0. The van der Waals surface area contributed by atoms with Crippen LogP contribution in [0.4, 0.5) is 5.13 Å². The minimum absolute atomic E-state index is 0.211. The maximum Gasteiger partial charge on any atom is 0.262 e. The van der Waals surface area contributed by atoms with Crippen molar-refractivity contribution in [3.63, 3.8) is 0 Å². The van der Waals surface area contributed by atoms with Crippen LogP contribution in [0.25, 0.3) is 10.2 Å². The van der Waals surface area contributed by atoms with Gasteiger partial charge in [0.2, 0.25) is 5.91 Å². The van der Waals surface area contributed by atoms with Crippen LogP contribution in [0.15, 0.2) is 78.9 Å². The number of aromatic nitrogens is 1. The summed E-state index contributed by atoms with van der Waals surface area (Å²) in [5.41, 5.74) is 2.27. The number of rotatable bonds is 5. The lowest BCUT2D eigenvalue weighted by Crippen LogP contribution is -2.48. The van der Waals surface area contributed by atoms with Crippen LogP contribution in [-0.4, -0.2) is 33.6 Å². The number of hydrogen-bond donors (Lipinski definition) is 1. The Hall–Kier alpha value is -3.84. The molecule has 7 heteroatoms. The first-order valence-corrected chi connectivity index (χ1v) is 10.6. The smallest absolute Gasteiger partial charge is 0.262 e. The Balaban J connectivity index is 1.49.